The molecule has 7 nitrogen and oxygen atoms in total. The number of amides is 1. The molecular weight excluding hydrogens is 723 g/mol. The van der Waals surface area contributed by atoms with Gasteiger partial charge in [-0.25, -0.2) is 9.59 Å². The fourth-order valence-electron chi connectivity index (χ4n) is 3.75. The predicted octanol–water partition coefficient (Wildman–Crippen LogP) is 5.75. The summed E-state index contributed by atoms with van der Waals surface area (Å²) in [6, 6.07) is 9.60. The SMILES string of the molecule is [CH2-]Cc1ccc2cc(CC(C)C(=O)c3c(O)cc(C(C)CC/C=C/NC(=O)OC)oc3=O)sc2c1.[Fm]. The predicted molar refractivity (Wildman–Crippen MR) is 137 cm³/mol. The molecule has 2 atom stereocenters. The van der Waals surface area contributed by atoms with Gasteiger partial charge in [-0.3, -0.25) is 10.1 Å². The van der Waals surface area contributed by atoms with E-state index in [-0.39, 0.29) is 17.2 Å². The van der Waals surface area contributed by atoms with Crippen LogP contribution in [0.25, 0.3) is 10.1 Å². The van der Waals surface area contributed by atoms with Crippen LogP contribution < -0.4 is 10.9 Å². The second-order valence-electron chi connectivity index (χ2n) is 8.52. The van der Waals surface area contributed by atoms with E-state index in [1.165, 1.54) is 19.4 Å². The molecule has 0 aliphatic heterocycles. The van der Waals surface area contributed by atoms with Gasteiger partial charge >= 0.3 is 11.7 Å². The van der Waals surface area contributed by atoms with E-state index in [1.54, 1.807) is 24.3 Å². The van der Waals surface area contributed by atoms with Gasteiger partial charge in [-0.05, 0) is 36.8 Å². The first-order valence-electron chi connectivity index (χ1n) is 11.4. The number of alkyl carbamates (subject to hydrolysis) is 1. The number of fused-ring (bicyclic) bond motifs is 1. The molecule has 9 heteroatoms. The maximum Gasteiger partial charge on any atom is 0.410 e. The molecular formula is C27H30FmNO6S-. The first kappa shape index (κ1) is 27.9. The summed E-state index contributed by atoms with van der Waals surface area (Å²) in [7, 11) is 1.28. The minimum Gasteiger partial charge on any atom is -0.507 e. The second-order valence-corrected chi connectivity index (χ2v) is 9.69. The number of hydrogen-bond donors (Lipinski definition) is 2. The fourth-order valence-corrected chi connectivity index (χ4v) is 5.01. The van der Waals surface area contributed by atoms with Gasteiger partial charge in [-0.1, -0.05) is 37.6 Å². The van der Waals surface area contributed by atoms with Gasteiger partial charge in [0.15, 0.2) is 5.78 Å². The number of ether oxygens (including phenoxy) is 1. The Morgan fingerprint density at radius 1 is 1.25 bits per heavy atom. The van der Waals surface area contributed by atoms with Crippen LogP contribution >= 0.6 is 11.3 Å². The van der Waals surface area contributed by atoms with Crippen LogP contribution in [0.15, 0.2) is 51.8 Å². The van der Waals surface area contributed by atoms with Gasteiger partial charge < -0.3 is 21.2 Å². The van der Waals surface area contributed by atoms with E-state index < -0.39 is 23.4 Å². The zero-order chi connectivity index (χ0) is 25.5. The standard InChI is InChI=1S/C27H30NO6S.Fm/c1-5-18-9-10-19-14-20(35-23(19)13-18)12-17(3)25(30)24-21(29)15-22(34-26(24)31)16(2)8-6-7-11-28-27(32)33-4;/h7,9-11,13-17,29H,1,5-6,8,12H2,2-4H3,(H,28,32);/q-1;/b11-7+;. The van der Waals surface area contributed by atoms with Gasteiger partial charge in [0.25, 0.3) is 0 Å². The number of allylic oxidation sites excluding steroid dienone is 1. The summed E-state index contributed by atoms with van der Waals surface area (Å²) in [6.45, 7) is 7.52. The van der Waals surface area contributed by atoms with Gasteiger partial charge in [0, 0.05) is 33.7 Å². The monoisotopic (exact) mass is 753 g/mol. The zero-order valence-corrected chi connectivity index (χ0v) is 23.6. The molecule has 0 fully saturated rings. The summed E-state index contributed by atoms with van der Waals surface area (Å²) in [5.74, 6) is -1.18. The van der Waals surface area contributed by atoms with Crippen LogP contribution in [0.3, 0.4) is 0 Å². The smallest absolute Gasteiger partial charge is 0.410 e. The molecule has 0 aliphatic carbocycles. The summed E-state index contributed by atoms with van der Waals surface area (Å²) in [6.07, 6.45) is 5.04. The Kier molecular flexibility index (Phi) is 9.56. The minimum atomic E-state index is -0.831. The molecule has 1 amide bonds. The van der Waals surface area contributed by atoms with E-state index >= 15 is 0 Å². The van der Waals surface area contributed by atoms with Gasteiger partial charge in [-0.15, -0.1) is 11.3 Å². The fraction of sp³-hybridized carbons (Fsp3) is 0.333. The van der Waals surface area contributed by atoms with Crippen LogP contribution in [0.1, 0.15) is 59.2 Å². The van der Waals surface area contributed by atoms with Crippen molar-refractivity contribution < 1.29 is 23.8 Å². The van der Waals surface area contributed by atoms with E-state index in [0.717, 1.165) is 20.5 Å². The average molecular weight is 754 g/mol. The normalized spacial score (nSPS) is 12.8. The molecule has 2 N–H and O–H groups in total. The second kappa shape index (κ2) is 12.4. The van der Waals surface area contributed by atoms with Crippen molar-refractivity contribution >= 4 is 33.3 Å². The van der Waals surface area contributed by atoms with Crippen LogP contribution in [0.5, 0.6) is 5.75 Å². The molecule has 0 saturated carbocycles. The quantitative estimate of drug-likeness (QED) is 0.202. The average Bonchev–Trinajstić information content (AvgIpc) is 3.24. The Hall–Kier alpha value is -4.39. The summed E-state index contributed by atoms with van der Waals surface area (Å²) < 4.78 is 11.0. The molecule has 2 unspecified atom stereocenters. The third kappa shape index (κ3) is 6.60. The summed E-state index contributed by atoms with van der Waals surface area (Å²) in [4.78, 5) is 37.7. The molecule has 1 aromatic carbocycles. The Labute approximate surface area is 208 Å². The first-order valence-corrected chi connectivity index (χ1v) is 12.3. The van der Waals surface area contributed by atoms with E-state index in [2.05, 4.69) is 29.1 Å². The van der Waals surface area contributed by atoms with E-state index in [9.17, 15) is 19.5 Å². The number of rotatable bonds is 10. The molecule has 0 bridgehead atoms. The Balaban J connectivity index is 0.00000456. The molecule has 3 aromatic rings. The van der Waals surface area contributed by atoms with Crippen LogP contribution in [0.2, 0.25) is 0 Å². The molecule has 0 aliphatic rings. The number of ketones is 1. The van der Waals surface area contributed by atoms with Crippen molar-refractivity contribution in [3.8, 4) is 5.75 Å². The molecule has 0 radical (unpaired) electrons. The first-order chi connectivity index (χ1) is 16.7. The number of hydrogen-bond acceptors (Lipinski definition) is 7. The van der Waals surface area contributed by atoms with E-state index in [0.29, 0.717) is 31.4 Å². The number of benzene rings is 1. The number of nitrogens with one attached hydrogen (secondary N) is 1. The molecule has 0 saturated heterocycles. The van der Waals surface area contributed by atoms with Crippen molar-refractivity contribution in [2.75, 3.05) is 7.11 Å². The Morgan fingerprint density at radius 3 is 2.67 bits per heavy atom. The number of aromatic hydroxyl groups is 1. The van der Waals surface area contributed by atoms with Crippen molar-refractivity contribution in [1.82, 2.24) is 5.32 Å². The third-order valence-electron chi connectivity index (χ3n) is 5.83. The molecule has 3 rings (SSSR count). The molecule has 36 heavy (non-hydrogen) atoms. The number of thiophene rings is 1. The van der Waals surface area contributed by atoms with Gasteiger partial charge in [-0.2, -0.15) is 6.42 Å². The maximum atomic E-state index is 13.0. The molecule has 2 aromatic heterocycles. The van der Waals surface area contributed by atoms with E-state index in [1.807, 2.05) is 19.1 Å². The third-order valence-corrected chi connectivity index (χ3v) is 6.95. The topological polar surface area (TPSA) is 106 Å². The van der Waals surface area contributed by atoms with Gasteiger partial charge in [0.05, 0.1) is 7.11 Å². The summed E-state index contributed by atoms with van der Waals surface area (Å²) in [5.41, 5.74) is 0.0138. The van der Waals surface area contributed by atoms with Crippen molar-refractivity contribution in [3.05, 3.63) is 81.7 Å². The van der Waals surface area contributed by atoms with Crippen molar-refractivity contribution in [1.29, 1.82) is 0 Å². The van der Waals surface area contributed by atoms with Crippen molar-refractivity contribution in [2.45, 2.75) is 45.4 Å². The number of carbonyl (C=O) groups is 2. The van der Waals surface area contributed by atoms with E-state index in [4.69, 9.17) is 4.42 Å². The van der Waals surface area contributed by atoms with Crippen molar-refractivity contribution in [2.24, 2.45) is 5.92 Å². The number of methoxy groups -OCH3 is 1. The summed E-state index contributed by atoms with van der Waals surface area (Å²) in [5, 5.41) is 14.1. The van der Waals surface area contributed by atoms with Crippen LogP contribution in [0, 0.1) is 12.8 Å². The van der Waals surface area contributed by atoms with Gasteiger partial charge in [0.1, 0.15) is 17.1 Å². The van der Waals surface area contributed by atoms with Gasteiger partial charge in [0.2, 0.25) is 0 Å². The number of Topliss-reactive ketones (excluding diaryl/α,β-unsaturated/α-hetero) is 1. The van der Waals surface area contributed by atoms with Crippen LogP contribution in [-0.2, 0) is 17.6 Å². The maximum absolute atomic E-state index is 13.0. The number of carbonyl (C=O) groups excluding carboxylic acids is 2. The minimum absolute atomic E-state index is 0. The van der Waals surface area contributed by atoms with Crippen molar-refractivity contribution in [3.63, 3.8) is 0 Å². The largest absolute Gasteiger partial charge is 0.507 e. The van der Waals surface area contributed by atoms with Crippen LogP contribution in [0.4, 0.5) is 4.79 Å². The van der Waals surface area contributed by atoms with Crippen LogP contribution in [-0.4, -0.2) is 24.1 Å². The molecule has 0 spiro atoms. The molecule has 198 valence electrons. The summed E-state index contributed by atoms with van der Waals surface area (Å²) >= 11 is 1.62. The Bertz CT molecular complexity index is 1300. The Morgan fingerprint density at radius 2 is 2.00 bits per heavy atom. The zero-order valence-electron chi connectivity index (χ0n) is 20.4. The molecule has 2 heterocycles.